The van der Waals surface area contributed by atoms with E-state index in [1.54, 1.807) is 0 Å². The first kappa shape index (κ1) is 11.7. The van der Waals surface area contributed by atoms with Gasteiger partial charge in [-0.2, -0.15) is 0 Å². The molecule has 0 atom stereocenters. The molecule has 0 aliphatic carbocycles. The topological polar surface area (TPSA) is 21.3 Å². The molecule has 1 fully saturated rings. The van der Waals surface area contributed by atoms with Crippen LogP contribution in [-0.4, -0.2) is 36.5 Å². The van der Waals surface area contributed by atoms with E-state index in [1.807, 2.05) is 23.5 Å². The normalized spacial score (nSPS) is 24.0. The van der Waals surface area contributed by atoms with Gasteiger partial charge < -0.3 is 4.74 Å². The Kier molecular flexibility index (Phi) is 8.26. The van der Waals surface area contributed by atoms with Gasteiger partial charge in [0.2, 0.25) is 0 Å². The molecule has 1 heterocycles. The summed E-state index contributed by atoms with van der Waals surface area (Å²) in [5.41, 5.74) is 0. The van der Waals surface area contributed by atoms with Gasteiger partial charge >= 0.3 is 0 Å². The second-order valence-corrected chi connectivity index (χ2v) is 5.24. The highest BCUT2D eigenvalue weighted by Crippen LogP contribution is 2.07. The van der Waals surface area contributed by atoms with Crippen LogP contribution < -0.4 is 5.32 Å². The van der Waals surface area contributed by atoms with Crippen LogP contribution in [0.1, 0.15) is 19.3 Å². The Morgan fingerprint density at radius 3 is 2.62 bits per heavy atom. The lowest BCUT2D eigenvalue weighted by atomic mass is 10.3. The zero-order valence-corrected chi connectivity index (χ0v) is 9.72. The summed E-state index contributed by atoms with van der Waals surface area (Å²) in [4.78, 5) is 0. The van der Waals surface area contributed by atoms with Gasteiger partial charge in [-0.1, -0.05) is 6.42 Å². The molecular formula is C9H19NOS2. The summed E-state index contributed by atoms with van der Waals surface area (Å²) in [5, 5.41) is 3.39. The minimum Gasteiger partial charge on any atom is -0.381 e. The van der Waals surface area contributed by atoms with E-state index in [-0.39, 0.29) is 0 Å². The van der Waals surface area contributed by atoms with Crippen molar-refractivity contribution >= 4 is 23.5 Å². The molecule has 78 valence electrons. The van der Waals surface area contributed by atoms with Crippen molar-refractivity contribution in [2.75, 3.05) is 36.5 Å². The molecule has 1 aliphatic rings. The number of hydrogen-bond acceptors (Lipinski definition) is 4. The summed E-state index contributed by atoms with van der Waals surface area (Å²) in [7, 11) is 0. The summed E-state index contributed by atoms with van der Waals surface area (Å²) in [6.45, 7) is 1.87. The van der Waals surface area contributed by atoms with Crippen molar-refractivity contribution < 1.29 is 4.74 Å². The number of rotatable bonds is 0. The highest BCUT2D eigenvalue weighted by atomic mass is 32.2. The van der Waals surface area contributed by atoms with Gasteiger partial charge in [0.1, 0.15) is 0 Å². The van der Waals surface area contributed by atoms with Crippen molar-refractivity contribution in [3.63, 3.8) is 0 Å². The number of nitrogens with one attached hydrogen (secondary N) is 1. The van der Waals surface area contributed by atoms with Crippen molar-refractivity contribution in [3.05, 3.63) is 0 Å². The Morgan fingerprint density at radius 1 is 0.846 bits per heavy atom. The lowest BCUT2D eigenvalue weighted by Gasteiger charge is -2.03. The predicted octanol–water partition coefficient (Wildman–Crippen LogP) is 2.16. The van der Waals surface area contributed by atoms with Crippen molar-refractivity contribution in [2.45, 2.75) is 19.3 Å². The SMILES string of the molecule is C1CCOCCSCNCSCC1. The Balaban J connectivity index is 2.01. The summed E-state index contributed by atoms with van der Waals surface area (Å²) >= 11 is 3.93. The van der Waals surface area contributed by atoms with Gasteiger partial charge in [0.25, 0.3) is 0 Å². The second-order valence-electron chi connectivity index (χ2n) is 3.03. The molecule has 1 rings (SSSR count). The van der Waals surface area contributed by atoms with Crippen LogP contribution in [0.15, 0.2) is 0 Å². The minimum absolute atomic E-state index is 0.916. The first-order valence-corrected chi connectivity index (χ1v) is 7.25. The summed E-state index contributed by atoms with van der Waals surface area (Å²) in [6.07, 6.45) is 3.89. The quantitative estimate of drug-likeness (QED) is 0.676. The average Bonchev–Trinajstić information content (AvgIpc) is 2.18. The van der Waals surface area contributed by atoms with Crippen LogP contribution in [0.3, 0.4) is 0 Å². The van der Waals surface area contributed by atoms with Crippen LogP contribution in [0.5, 0.6) is 0 Å². The fraction of sp³-hybridized carbons (Fsp3) is 1.00. The number of thioether (sulfide) groups is 2. The van der Waals surface area contributed by atoms with E-state index < -0.39 is 0 Å². The van der Waals surface area contributed by atoms with Crippen LogP contribution in [0.25, 0.3) is 0 Å². The molecule has 0 amide bonds. The zero-order chi connectivity index (χ0) is 9.19. The molecule has 0 aromatic heterocycles. The maximum atomic E-state index is 5.49. The van der Waals surface area contributed by atoms with Crippen LogP contribution in [0.4, 0.5) is 0 Å². The minimum atomic E-state index is 0.916. The molecule has 0 spiro atoms. The van der Waals surface area contributed by atoms with Gasteiger partial charge in [-0.05, 0) is 18.6 Å². The smallest absolute Gasteiger partial charge is 0.0557 e. The van der Waals surface area contributed by atoms with Gasteiger partial charge in [-0.15, -0.1) is 23.5 Å². The van der Waals surface area contributed by atoms with E-state index in [0.717, 1.165) is 30.7 Å². The maximum absolute atomic E-state index is 5.49. The van der Waals surface area contributed by atoms with Gasteiger partial charge in [0.05, 0.1) is 6.61 Å². The molecule has 0 aromatic carbocycles. The molecule has 1 N–H and O–H groups in total. The van der Waals surface area contributed by atoms with E-state index in [1.165, 1.54) is 25.0 Å². The van der Waals surface area contributed by atoms with Crippen molar-refractivity contribution in [2.24, 2.45) is 0 Å². The highest BCUT2D eigenvalue weighted by Gasteiger charge is 1.95. The van der Waals surface area contributed by atoms with E-state index in [4.69, 9.17) is 4.74 Å². The Bertz CT molecular complexity index is 65.7. The summed E-state index contributed by atoms with van der Waals surface area (Å²) in [6, 6.07) is 0. The highest BCUT2D eigenvalue weighted by molar-refractivity contribution is 8.00. The van der Waals surface area contributed by atoms with E-state index in [0.29, 0.717) is 0 Å². The van der Waals surface area contributed by atoms with Crippen LogP contribution >= 0.6 is 23.5 Å². The van der Waals surface area contributed by atoms with Gasteiger partial charge in [0.15, 0.2) is 0 Å². The maximum Gasteiger partial charge on any atom is 0.0557 e. The van der Waals surface area contributed by atoms with Crippen molar-refractivity contribution in [1.82, 2.24) is 5.32 Å². The van der Waals surface area contributed by atoms with Crippen LogP contribution in [0.2, 0.25) is 0 Å². The molecule has 0 aromatic rings. The largest absolute Gasteiger partial charge is 0.381 e. The standard InChI is InChI=1S/C9H19NOS2/c1-2-4-11-5-7-13-9-10-8-12-6-3-1/h10H,1-9H2. The first-order chi connectivity index (χ1) is 6.50. The third-order valence-electron chi connectivity index (χ3n) is 1.86. The van der Waals surface area contributed by atoms with E-state index in [9.17, 15) is 0 Å². The van der Waals surface area contributed by atoms with Crippen molar-refractivity contribution in [3.8, 4) is 0 Å². The van der Waals surface area contributed by atoms with E-state index in [2.05, 4.69) is 5.32 Å². The average molecular weight is 221 g/mol. The first-order valence-electron chi connectivity index (χ1n) is 4.94. The van der Waals surface area contributed by atoms with E-state index >= 15 is 0 Å². The molecule has 4 heteroatoms. The molecule has 1 saturated heterocycles. The Labute approximate surface area is 89.6 Å². The molecular weight excluding hydrogens is 202 g/mol. The number of ether oxygens (including phenoxy) is 1. The third kappa shape index (κ3) is 7.67. The zero-order valence-electron chi connectivity index (χ0n) is 8.09. The predicted molar refractivity (Wildman–Crippen MR) is 62.5 cm³/mol. The summed E-state index contributed by atoms with van der Waals surface area (Å²) in [5.74, 6) is 4.58. The van der Waals surface area contributed by atoms with Gasteiger partial charge in [0, 0.05) is 24.1 Å². The Morgan fingerprint density at radius 2 is 1.69 bits per heavy atom. The van der Waals surface area contributed by atoms with Gasteiger partial charge in [-0.25, -0.2) is 0 Å². The molecule has 13 heavy (non-hydrogen) atoms. The molecule has 0 radical (unpaired) electrons. The molecule has 2 nitrogen and oxygen atoms in total. The Hall–Kier alpha value is 0.620. The van der Waals surface area contributed by atoms with Gasteiger partial charge in [-0.3, -0.25) is 5.32 Å². The molecule has 1 aliphatic heterocycles. The van der Waals surface area contributed by atoms with Crippen molar-refractivity contribution in [1.29, 1.82) is 0 Å². The van der Waals surface area contributed by atoms with Crippen LogP contribution in [-0.2, 0) is 4.74 Å². The number of hydrogen-bond donors (Lipinski definition) is 1. The lowest BCUT2D eigenvalue weighted by molar-refractivity contribution is 0.146. The van der Waals surface area contributed by atoms with Crippen LogP contribution in [0, 0.1) is 0 Å². The monoisotopic (exact) mass is 221 g/mol. The molecule has 0 saturated carbocycles. The fourth-order valence-electron chi connectivity index (χ4n) is 1.14. The fourth-order valence-corrected chi connectivity index (χ4v) is 2.69. The summed E-state index contributed by atoms with van der Waals surface area (Å²) < 4.78 is 5.49. The molecule has 0 unspecified atom stereocenters. The second kappa shape index (κ2) is 9.19. The lowest BCUT2D eigenvalue weighted by Crippen LogP contribution is -2.12. The third-order valence-corrected chi connectivity index (χ3v) is 3.71. The molecule has 0 bridgehead atoms.